The lowest BCUT2D eigenvalue weighted by atomic mass is 9.83. The van der Waals surface area contributed by atoms with Gasteiger partial charge in [-0.05, 0) is 38.0 Å². The topological polar surface area (TPSA) is 147 Å². The first-order valence-electron chi connectivity index (χ1n) is 11.4. The average molecular weight is 491 g/mol. The molecule has 3 aromatic rings. The highest BCUT2D eigenvalue weighted by Crippen LogP contribution is 2.43. The minimum Gasteiger partial charge on any atom is -0.383 e. The second-order valence-corrected chi connectivity index (χ2v) is 9.17. The van der Waals surface area contributed by atoms with E-state index in [1.54, 1.807) is 32.0 Å². The molecule has 1 unspecified atom stereocenters. The Morgan fingerprint density at radius 2 is 2.08 bits per heavy atom. The van der Waals surface area contributed by atoms with Crippen LogP contribution in [0, 0.1) is 29.9 Å². The van der Waals surface area contributed by atoms with Crippen LogP contribution in [0.5, 0.6) is 0 Å². The van der Waals surface area contributed by atoms with E-state index in [4.69, 9.17) is 16.5 Å². The molecule has 11 heteroatoms. The van der Waals surface area contributed by atoms with Gasteiger partial charge in [0.1, 0.15) is 40.8 Å². The maximum atomic E-state index is 15.3. The number of rotatable bonds is 3. The molecule has 2 aliphatic heterocycles. The molecule has 5 rings (SSSR count). The molecule has 0 saturated heterocycles. The van der Waals surface area contributed by atoms with Crippen LogP contribution in [0.15, 0.2) is 51.5 Å². The Kier molecular flexibility index (Phi) is 5.30. The lowest BCUT2D eigenvalue weighted by Gasteiger charge is -2.38. The second kappa shape index (κ2) is 8.13. The number of halogens is 2. The van der Waals surface area contributed by atoms with Gasteiger partial charge in [-0.25, -0.2) is 18.8 Å². The Morgan fingerprint density at radius 3 is 2.78 bits per heavy atom. The highest BCUT2D eigenvalue weighted by atomic mass is 19.1. The number of benzene rings is 2. The summed E-state index contributed by atoms with van der Waals surface area (Å²) in [6, 6.07) is 8.43. The lowest BCUT2D eigenvalue weighted by molar-refractivity contribution is 0.354. The van der Waals surface area contributed by atoms with Crippen LogP contribution in [0.1, 0.15) is 49.2 Å². The van der Waals surface area contributed by atoms with Crippen LogP contribution in [-0.4, -0.2) is 21.2 Å². The Morgan fingerprint density at radius 1 is 1.33 bits per heavy atom. The summed E-state index contributed by atoms with van der Waals surface area (Å²) in [4.78, 5) is 22.7. The first kappa shape index (κ1) is 23.4. The third kappa shape index (κ3) is 3.49. The number of hydrogen-bond donors (Lipinski definition) is 4. The van der Waals surface area contributed by atoms with E-state index in [1.807, 2.05) is 13.0 Å². The number of nitrogens with one attached hydrogen (secondary N) is 2. The van der Waals surface area contributed by atoms with E-state index in [9.17, 15) is 14.4 Å². The number of aromatic nitrogens is 2. The summed E-state index contributed by atoms with van der Waals surface area (Å²) in [5.41, 5.74) is 13.1. The Hall–Kier alpha value is -4.30. The van der Waals surface area contributed by atoms with Crippen LogP contribution in [0.3, 0.4) is 0 Å². The van der Waals surface area contributed by atoms with Crippen molar-refractivity contribution in [2.75, 3.05) is 0 Å². The predicted octanol–water partition coefficient (Wildman–Crippen LogP) is 2.44. The van der Waals surface area contributed by atoms with Crippen LogP contribution in [0.2, 0.25) is 0 Å². The molecule has 3 heterocycles. The molecule has 9 nitrogen and oxygen atoms in total. The smallest absolute Gasteiger partial charge is 0.266 e. The molecule has 2 aromatic carbocycles. The third-order valence-corrected chi connectivity index (χ3v) is 6.58. The van der Waals surface area contributed by atoms with Gasteiger partial charge in [0.15, 0.2) is 5.79 Å². The van der Waals surface area contributed by atoms with Crippen molar-refractivity contribution in [3.05, 3.63) is 80.7 Å². The van der Waals surface area contributed by atoms with Crippen LogP contribution in [-0.2, 0) is 0 Å². The van der Waals surface area contributed by atoms with Crippen molar-refractivity contribution in [2.45, 2.75) is 44.9 Å². The van der Waals surface area contributed by atoms with Crippen molar-refractivity contribution in [1.82, 2.24) is 20.2 Å². The molecule has 1 aromatic heterocycles. The molecule has 3 atom stereocenters. The average Bonchev–Trinajstić information content (AvgIpc) is 2.78. The van der Waals surface area contributed by atoms with Gasteiger partial charge >= 0.3 is 0 Å². The predicted molar refractivity (Wildman–Crippen MR) is 131 cm³/mol. The molecule has 0 spiro atoms. The first-order valence-corrected chi connectivity index (χ1v) is 11.4. The fourth-order valence-corrected chi connectivity index (χ4v) is 5.08. The molecule has 184 valence electrons. The van der Waals surface area contributed by atoms with Crippen LogP contribution in [0.25, 0.3) is 16.6 Å². The van der Waals surface area contributed by atoms with Crippen molar-refractivity contribution in [2.24, 2.45) is 16.5 Å². The lowest BCUT2D eigenvalue weighted by Crippen LogP contribution is -2.56. The molecule has 0 aliphatic carbocycles. The molecule has 0 saturated carbocycles. The third-order valence-electron chi connectivity index (χ3n) is 6.58. The Balaban J connectivity index is 1.83. The minimum atomic E-state index is -1.32. The maximum Gasteiger partial charge on any atom is 0.266 e. The molecular formula is C25H24F2N8O. The van der Waals surface area contributed by atoms with Crippen LogP contribution < -0.4 is 27.7 Å². The normalized spacial score (nSPS) is 22.9. The molecular weight excluding hydrogens is 466 g/mol. The number of aryl methyl sites for hydroxylation is 1. The monoisotopic (exact) mass is 490 g/mol. The van der Waals surface area contributed by atoms with E-state index in [1.165, 1.54) is 4.57 Å². The summed E-state index contributed by atoms with van der Waals surface area (Å²) in [5.74, 6) is -3.12. The molecule has 0 bridgehead atoms. The van der Waals surface area contributed by atoms with E-state index >= 15 is 4.39 Å². The molecule has 0 amide bonds. The number of amidine groups is 1. The number of nitrogens with two attached hydrogens (primary N) is 2. The molecule has 0 fully saturated rings. The van der Waals surface area contributed by atoms with Gasteiger partial charge in [-0.1, -0.05) is 19.1 Å². The number of aliphatic imine (C=N–C) groups is 1. The summed E-state index contributed by atoms with van der Waals surface area (Å²) >= 11 is 0. The highest BCUT2D eigenvalue weighted by molar-refractivity contribution is 6.02. The maximum absolute atomic E-state index is 15.3. The Bertz CT molecular complexity index is 1600. The number of nitriles is 1. The zero-order valence-electron chi connectivity index (χ0n) is 19.9. The van der Waals surface area contributed by atoms with Crippen LogP contribution in [0.4, 0.5) is 8.78 Å². The molecule has 36 heavy (non-hydrogen) atoms. The van der Waals surface area contributed by atoms with Gasteiger partial charge < -0.3 is 16.4 Å². The highest BCUT2D eigenvalue weighted by Gasteiger charge is 2.40. The SMILES string of the molecule is CC[C@@H]1c2c(F)cc(F)cc2-n2c(nc3cccc(C)c3c2=O)[C@@H]1NC1=C(C#N)C(N)=NC(C)(N)N1. The van der Waals surface area contributed by atoms with E-state index in [-0.39, 0.29) is 34.3 Å². The fourth-order valence-electron chi connectivity index (χ4n) is 5.08. The van der Waals surface area contributed by atoms with Gasteiger partial charge in [-0.3, -0.25) is 15.1 Å². The Labute approximate surface area is 205 Å². The zero-order chi connectivity index (χ0) is 25.9. The summed E-state index contributed by atoms with van der Waals surface area (Å²) in [6.07, 6.45) is 0.410. The van der Waals surface area contributed by atoms with Crippen molar-refractivity contribution in [1.29, 1.82) is 5.26 Å². The summed E-state index contributed by atoms with van der Waals surface area (Å²) in [7, 11) is 0. The zero-order valence-corrected chi connectivity index (χ0v) is 19.9. The van der Waals surface area contributed by atoms with E-state index < -0.39 is 34.9 Å². The van der Waals surface area contributed by atoms with Crippen molar-refractivity contribution in [3.8, 4) is 11.8 Å². The standard InChI is InChI=1S/C25H24F2N8O/c1-4-13-19-15(27)8-12(26)9-17(19)35-23(31-16-7-5-6-11(2)18(16)24(35)36)20(13)32-22-14(10-28)21(29)33-25(3,30)34-22/h5-9,13,20,32,34H,4,30H2,1-3H3,(H2,29,33)/t13-,20-,25?/m1/s1. The van der Waals surface area contributed by atoms with Gasteiger partial charge in [0.05, 0.1) is 22.6 Å². The fraction of sp³-hybridized carbons (Fsp3) is 0.280. The van der Waals surface area contributed by atoms with Gasteiger partial charge in [0, 0.05) is 17.5 Å². The van der Waals surface area contributed by atoms with Crippen molar-refractivity contribution < 1.29 is 8.78 Å². The molecule has 6 N–H and O–H groups in total. The molecule has 2 aliphatic rings. The summed E-state index contributed by atoms with van der Waals surface area (Å²) < 4.78 is 31.0. The number of hydrogen-bond acceptors (Lipinski definition) is 8. The van der Waals surface area contributed by atoms with Crippen molar-refractivity contribution in [3.63, 3.8) is 0 Å². The van der Waals surface area contributed by atoms with Gasteiger partial charge in [-0.2, -0.15) is 5.26 Å². The van der Waals surface area contributed by atoms with Crippen molar-refractivity contribution >= 4 is 16.7 Å². The van der Waals surface area contributed by atoms with Gasteiger partial charge in [-0.15, -0.1) is 0 Å². The number of nitrogens with zero attached hydrogens (tertiary/aromatic N) is 4. The summed E-state index contributed by atoms with van der Waals surface area (Å²) in [5, 5.41) is 16.2. The van der Waals surface area contributed by atoms with Gasteiger partial charge in [0.25, 0.3) is 5.56 Å². The van der Waals surface area contributed by atoms with E-state index in [0.717, 1.165) is 12.1 Å². The van der Waals surface area contributed by atoms with Gasteiger partial charge in [0.2, 0.25) is 0 Å². The minimum absolute atomic E-state index is 0.0173. The second-order valence-electron chi connectivity index (χ2n) is 9.17. The quantitative estimate of drug-likeness (QED) is 0.441. The molecule has 0 radical (unpaired) electrons. The summed E-state index contributed by atoms with van der Waals surface area (Å²) in [6.45, 7) is 5.19. The van der Waals surface area contributed by atoms with Crippen LogP contribution >= 0.6 is 0 Å². The largest absolute Gasteiger partial charge is 0.383 e. The first-order chi connectivity index (χ1) is 17.1. The van der Waals surface area contributed by atoms with E-state index in [2.05, 4.69) is 15.6 Å². The van der Waals surface area contributed by atoms with E-state index in [0.29, 0.717) is 22.9 Å². The number of fused-ring (bicyclic) bond motifs is 4.